The zero-order valence-corrected chi connectivity index (χ0v) is 39.7. The first-order valence-corrected chi connectivity index (χ1v) is 24.2. The fourth-order valence-corrected chi connectivity index (χ4v) is 13.2. The number of thiazole rings is 1. The van der Waals surface area contributed by atoms with Crippen LogP contribution in [0, 0.1) is 23.7 Å². The second-order valence-electron chi connectivity index (χ2n) is 19.0. The van der Waals surface area contributed by atoms with Crippen molar-refractivity contribution >= 4 is 23.1 Å². The quantitative estimate of drug-likeness (QED) is 0.204. The molecule has 4 fully saturated rings. The van der Waals surface area contributed by atoms with Gasteiger partial charge < -0.3 is 47.5 Å². The standard InChI is InChI=1S/C49H70N2O11S/c1-11-29-13-12-14-38(62-40-20-19-37(51(5)6)26(3)58-40)25(2)43(53)35-23-33-32-21-31(61-49-46(57-10)45(56-9)44(55-8)27(4)59-49)22-36(32)47-42(41(33)34(35)24-39(52)60-29)50-48(63-47)28-15-17-30(54-7)18-16-28/h15-18,23,25-27,29,31-34,36-38,40-41,44-46,49H,11-14,19-22,24H2,1-10H3/t25-,26?,27?,29+,31+,32+,33+,34-,36-,37+,38+,40+,41-,44+,45?,46?,49+/m1/s1. The van der Waals surface area contributed by atoms with Crippen molar-refractivity contribution in [2.75, 3.05) is 42.5 Å². The van der Waals surface area contributed by atoms with E-state index in [1.165, 1.54) is 4.88 Å². The molecule has 0 N–H and O–H groups in total. The zero-order chi connectivity index (χ0) is 44.7. The molecule has 1 saturated carbocycles. The van der Waals surface area contributed by atoms with Crippen LogP contribution in [0.25, 0.3) is 10.6 Å². The summed E-state index contributed by atoms with van der Waals surface area (Å²) in [4.78, 5) is 38.2. The van der Waals surface area contributed by atoms with Crippen LogP contribution >= 0.6 is 11.3 Å². The van der Waals surface area contributed by atoms with Crippen molar-refractivity contribution < 1.29 is 52.2 Å². The number of carbonyl (C=O) groups excluding carboxylic acids is 2. The largest absolute Gasteiger partial charge is 0.497 e. The molecule has 4 heterocycles. The van der Waals surface area contributed by atoms with Crippen LogP contribution in [-0.4, -0.2) is 132 Å². The number of cyclic esters (lactones) is 1. The van der Waals surface area contributed by atoms with Crippen LogP contribution in [0.5, 0.6) is 5.75 Å². The Balaban J connectivity index is 1.14. The van der Waals surface area contributed by atoms with Crippen LogP contribution in [0.3, 0.4) is 0 Å². The van der Waals surface area contributed by atoms with Crippen LogP contribution in [0.4, 0.5) is 0 Å². The Morgan fingerprint density at radius 2 is 1.59 bits per heavy atom. The lowest BCUT2D eigenvalue weighted by Crippen LogP contribution is -2.59. The van der Waals surface area contributed by atoms with Crippen molar-refractivity contribution in [1.29, 1.82) is 0 Å². The van der Waals surface area contributed by atoms with Gasteiger partial charge in [-0.15, -0.1) is 11.3 Å². The number of fused-ring (bicyclic) bond motifs is 8. The third-order valence-electron chi connectivity index (χ3n) is 15.2. The van der Waals surface area contributed by atoms with E-state index in [0.717, 1.165) is 60.5 Å². The maximum atomic E-state index is 15.2. The Bertz CT molecular complexity index is 1920. The van der Waals surface area contributed by atoms with Crippen molar-refractivity contribution in [3.63, 3.8) is 0 Å². The fraction of sp³-hybridized carbons (Fsp3) is 0.735. The van der Waals surface area contributed by atoms with E-state index >= 15 is 4.79 Å². The number of aromatic nitrogens is 1. The minimum absolute atomic E-state index is 0.00403. The molecule has 348 valence electrons. The van der Waals surface area contributed by atoms with E-state index in [1.807, 2.05) is 38.1 Å². The van der Waals surface area contributed by atoms with Gasteiger partial charge in [0.15, 0.2) is 18.4 Å². The minimum atomic E-state index is -0.666. The second kappa shape index (κ2) is 20.0. The minimum Gasteiger partial charge on any atom is -0.497 e. The number of benzene rings is 1. The summed E-state index contributed by atoms with van der Waals surface area (Å²) in [7, 11) is 10.8. The maximum Gasteiger partial charge on any atom is 0.306 e. The monoisotopic (exact) mass is 894 g/mol. The molecule has 4 unspecified atom stereocenters. The number of rotatable bonds is 11. The number of methoxy groups -OCH3 is 4. The van der Waals surface area contributed by atoms with Crippen molar-refractivity contribution in [2.45, 2.75) is 165 Å². The van der Waals surface area contributed by atoms with Gasteiger partial charge in [-0.2, -0.15) is 0 Å². The first-order valence-electron chi connectivity index (χ1n) is 23.3. The number of Topliss-reactive ketones (excluding diaryl/α,β-unsaturated/α-hetero) is 1. The van der Waals surface area contributed by atoms with Crippen LogP contribution in [-0.2, 0) is 47.5 Å². The van der Waals surface area contributed by atoms with Crippen molar-refractivity contribution in [3.8, 4) is 16.3 Å². The molecule has 1 aromatic heterocycles. The van der Waals surface area contributed by atoms with Crippen LogP contribution < -0.4 is 4.74 Å². The summed E-state index contributed by atoms with van der Waals surface area (Å²) >= 11 is 1.72. The maximum absolute atomic E-state index is 15.2. The summed E-state index contributed by atoms with van der Waals surface area (Å²) in [6.07, 6.45) is 5.17. The molecule has 2 aromatic rings. The predicted molar refractivity (Wildman–Crippen MR) is 238 cm³/mol. The molecule has 6 aliphatic rings. The highest BCUT2D eigenvalue weighted by Crippen LogP contribution is 2.63. The fourth-order valence-electron chi connectivity index (χ4n) is 11.9. The Morgan fingerprint density at radius 3 is 2.25 bits per heavy atom. The summed E-state index contributed by atoms with van der Waals surface area (Å²) in [5.41, 5.74) is 2.68. The molecule has 13 nitrogen and oxygen atoms in total. The van der Waals surface area contributed by atoms with E-state index in [-0.39, 0.29) is 84.6 Å². The number of hydrogen-bond acceptors (Lipinski definition) is 14. The van der Waals surface area contributed by atoms with E-state index < -0.39 is 30.5 Å². The summed E-state index contributed by atoms with van der Waals surface area (Å²) in [5.74, 6) is -0.267. The molecule has 3 saturated heterocycles. The number of ketones is 1. The van der Waals surface area contributed by atoms with Gasteiger partial charge >= 0.3 is 5.97 Å². The number of carbonyl (C=O) groups is 2. The number of ether oxygens (including phenoxy) is 9. The van der Waals surface area contributed by atoms with E-state index in [1.54, 1.807) is 39.8 Å². The molecule has 3 aliphatic heterocycles. The van der Waals surface area contributed by atoms with Gasteiger partial charge in [0.05, 0.1) is 43.6 Å². The molecule has 0 bridgehead atoms. The number of nitrogens with zero attached hydrogens (tertiary/aromatic N) is 2. The second-order valence-corrected chi connectivity index (χ2v) is 20.0. The molecule has 8 rings (SSSR count). The molecule has 63 heavy (non-hydrogen) atoms. The molecule has 0 amide bonds. The lowest BCUT2D eigenvalue weighted by molar-refractivity contribution is -0.314. The molecule has 14 heteroatoms. The normalized spacial score (nSPS) is 39.6. The van der Waals surface area contributed by atoms with Crippen molar-refractivity contribution in [1.82, 2.24) is 9.88 Å². The Labute approximate surface area is 377 Å². The summed E-state index contributed by atoms with van der Waals surface area (Å²) in [6, 6.07) is 8.32. The molecule has 3 aliphatic carbocycles. The number of hydrogen-bond donors (Lipinski definition) is 0. The predicted octanol–water partition coefficient (Wildman–Crippen LogP) is 7.70. The van der Waals surface area contributed by atoms with Gasteiger partial charge in [0.2, 0.25) is 0 Å². The zero-order valence-electron chi connectivity index (χ0n) is 38.9. The topological polar surface area (TPSA) is 133 Å². The van der Waals surface area contributed by atoms with E-state index in [9.17, 15) is 4.79 Å². The third kappa shape index (κ3) is 9.32. The van der Waals surface area contributed by atoms with Gasteiger partial charge in [-0.25, -0.2) is 4.98 Å². The molecule has 0 spiro atoms. The Kier molecular flexibility index (Phi) is 14.8. The molecular weight excluding hydrogens is 825 g/mol. The number of esters is 1. The number of allylic oxidation sites excluding steroid dienone is 2. The van der Waals surface area contributed by atoms with Gasteiger partial charge in [-0.3, -0.25) is 9.59 Å². The summed E-state index contributed by atoms with van der Waals surface area (Å²) in [6.45, 7) is 8.17. The van der Waals surface area contributed by atoms with Gasteiger partial charge in [0.1, 0.15) is 35.2 Å². The average molecular weight is 895 g/mol. The lowest BCUT2D eigenvalue weighted by atomic mass is 9.67. The highest BCUT2D eigenvalue weighted by atomic mass is 32.1. The van der Waals surface area contributed by atoms with Crippen LogP contribution in [0.2, 0.25) is 0 Å². The lowest BCUT2D eigenvalue weighted by Gasteiger charge is -2.44. The van der Waals surface area contributed by atoms with E-state index in [0.29, 0.717) is 24.5 Å². The molecule has 17 atom stereocenters. The average Bonchev–Trinajstić information content (AvgIpc) is 4.00. The Hall–Kier alpha value is -2.79. The summed E-state index contributed by atoms with van der Waals surface area (Å²) < 4.78 is 56.1. The smallest absolute Gasteiger partial charge is 0.306 e. The van der Waals surface area contributed by atoms with Gasteiger partial charge in [0, 0.05) is 61.5 Å². The molecule has 0 radical (unpaired) electrons. The summed E-state index contributed by atoms with van der Waals surface area (Å²) in [5, 5.41) is 0.908. The first kappa shape index (κ1) is 46.7. The SMILES string of the molecule is CC[C@H]1CCC[C@H](O[C@H]2CC[C@H](N(C)C)C(C)O2)[C@@H](C)C(=O)C2=C[C@H]3[C@@H]4C[C@H](O[C@@H]5OC(C)[C@H](OC)C(OC)C5OC)C[C@H]4c4sc(-c5ccc(OC)cc5)nc4[C@H]3[C@@H]2CC(=O)O1. The highest BCUT2D eigenvalue weighted by Gasteiger charge is 2.57. The van der Waals surface area contributed by atoms with Gasteiger partial charge in [-0.05, 0) is 121 Å². The van der Waals surface area contributed by atoms with Crippen LogP contribution in [0.1, 0.15) is 108 Å². The van der Waals surface area contributed by atoms with Crippen molar-refractivity contribution in [2.24, 2.45) is 23.7 Å². The first-order chi connectivity index (χ1) is 30.4. The Morgan fingerprint density at radius 1 is 0.841 bits per heavy atom. The molecule has 1 aromatic carbocycles. The van der Waals surface area contributed by atoms with E-state index in [4.69, 9.17) is 47.6 Å². The third-order valence-corrected chi connectivity index (χ3v) is 16.5. The van der Waals surface area contributed by atoms with Gasteiger partial charge in [0.25, 0.3) is 0 Å². The highest BCUT2D eigenvalue weighted by molar-refractivity contribution is 7.15. The number of likely N-dealkylation sites (N-methyl/N-ethyl adjacent to an activating group) is 1. The van der Waals surface area contributed by atoms with Crippen molar-refractivity contribution in [3.05, 3.63) is 46.5 Å². The van der Waals surface area contributed by atoms with E-state index in [2.05, 4.69) is 38.9 Å². The van der Waals surface area contributed by atoms with Gasteiger partial charge in [-0.1, -0.05) is 19.9 Å². The van der Waals surface area contributed by atoms with Crippen LogP contribution in [0.15, 0.2) is 35.9 Å². The molecular formula is C49H70N2O11S.